The number of rotatable bonds is 1. The normalized spacial score (nSPS) is 19.4. The molecular formula is C22H26N4O. The van der Waals surface area contributed by atoms with Gasteiger partial charge in [-0.25, -0.2) is 0 Å². The fraction of sp³-hybridized carbons (Fsp3) is 0.455. The second kappa shape index (κ2) is 7.58. The Balaban J connectivity index is 1.49. The van der Waals surface area contributed by atoms with Gasteiger partial charge in [0.15, 0.2) is 5.82 Å². The van der Waals surface area contributed by atoms with Crippen molar-refractivity contribution in [2.24, 2.45) is 11.3 Å². The number of benzene rings is 1. The van der Waals surface area contributed by atoms with Crippen LogP contribution in [0.15, 0.2) is 30.3 Å². The van der Waals surface area contributed by atoms with Crippen molar-refractivity contribution in [3.05, 3.63) is 35.9 Å². The zero-order valence-electron chi connectivity index (χ0n) is 15.5. The van der Waals surface area contributed by atoms with Crippen LogP contribution in [0.25, 0.3) is 11.3 Å². The molecule has 2 aromatic rings. The number of phenols is 1. The molecule has 4 rings (SSSR count). The first kappa shape index (κ1) is 17.8. The molecular weight excluding hydrogens is 336 g/mol. The monoisotopic (exact) mass is 362 g/mol. The Hall–Kier alpha value is -2.58. The van der Waals surface area contributed by atoms with Gasteiger partial charge >= 0.3 is 0 Å². The van der Waals surface area contributed by atoms with Crippen molar-refractivity contribution < 1.29 is 5.11 Å². The number of piperidine rings is 1. The first-order valence-corrected chi connectivity index (χ1v) is 9.79. The summed E-state index contributed by atoms with van der Waals surface area (Å²) < 4.78 is 0. The van der Waals surface area contributed by atoms with Gasteiger partial charge in [0.05, 0.1) is 11.3 Å². The van der Waals surface area contributed by atoms with Crippen molar-refractivity contribution in [3.8, 4) is 28.8 Å². The summed E-state index contributed by atoms with van der Waals surface area (Å²) in [6.45, 7) is 2.31. The van der Waals surface area contributed by atoms with Crippen molar-refractivity contribution in [1.82, 2.24) is 15.5 Å². The summed E-state index contributed by atoms with van der Waals surface area (Å²) in [5.41, 5.74) is 8.45. The number of phenolic OH excluding ortho intramolecular Hbond substituents is 1. The molecule has 1 aliphatic carbocycles. The third-order valence-corrected chi connectivity index (χ3v) is 6.12. The van der Waals surface area contributed by atoms with E-state index >= 15 is 0 Å². The van der Waals surface area contributed by atoms with Gasteiger partial charge in [0.25, 0.3) is 0 Å². The van der Waals surface area contributed by atoms with Crippen LogP contribution >= 0.6 is 0 Å². The average molecular weight is 362 g/mol. The lowest BCUT2D eigenvalue weighted by molar-refractivity contribution is 0.119. The fourth-order valence-electron chi connectivity index (χ4n) is 4.33. The van der Waals surface area contributed by atoms with Gasteiger partial charge in [-0.1, -0.05) is 24.0 Å². The van der Waals surface area contributed by atoms with Gasteiger partial charge in [-0.05, 0) is 75.2 Å². The van der Waals surface area contributed by atoms with Crippen LogP contribution in [0, 0.1) is 23.2 Å². The van der Waals surface area contributed by atoms with Crippen molar-refractivity contribution in [1.29, 1.82) is 0 Å². The van der Waals surface area contributed by atoms with Gasteiger partial charge in [0, 0.05) is 11.5 Å². The first-order valence-electron chi connectivity index (χ1n) is 9.79. The van der Waals surface area contributed by atoms with Crippen molar-refractivity contribution in [2.75, 3.05) is 18.8 Å². The summed E-state index contributed by atoms with van der Waals surface area (Å²) in [6, 6.07) is 8.91. The number of nitrogens with two attached hydrogens (primary N) is 1. The minimum Gasteiger partial charge on any atom is -0.507 e. The van der Waals surface area contributed by atoms with E-state index in [0.29, 0.717) is 34.0 Å². The van der Waals surface area contributed by atoms with Gasteiger partial charge < -0.3 is 16.2 Å². The first-order chi connectivity index (χ1) is 13.2. The predicted octanol–water partition coefficient (Wildman–Crippen LogP) is 3.34. The van der Waals surface area contributed by atoms with E-state index in [9.17, 15) is 5.11 Å². The summed E-state index contributed by atoms with van der Waals surface area (Å²) in [5.74, 6) is 7.59. The number of nitrogens with one attached hydrogen (secondary N) is 1. The maximum Gasteiger partial charge on any atom is 0.161 e. The number of aromatic hydroxyl groups is 1. The molecule has 1 aromatic carbocycles. The SMILES string of the molecule is Nc1nnc(-c2ccccc2O)cc1C#CC1CCC2(CCNCC2)CC1. The molecule has 0 amide bonds. The molecule has 4 N–H and O–H groups in total. The Kier molecular flexibility index (Phi) is 5.00. The standard InChI is InChI=1S/C22H26N4O/c23-21-17(15-19(25-26-21)18-3-1-2-4-20(18)27)6-5-16-7-9-22(10-8-16)11-13-24-14-12-22/h1-4,15-16,24,27H,7-14H2,(H2,23,26). The summed E-state index contributed by atoms with van der Waals surface area (Å²) in [5, 5.41) is 21.7. The maximum atomic E-state index is 10.0. The molecule has 2 fully saturated rings. The number of anilines is 1. The van der Waals surface area contributed by atoms with E-state index in [2.05, 4.69) is 27.4 Å². The highest BCUT2D eigenvalue weighted by molar-refractivity contribution is 5.69. The van der Waals surface area contributed by atoms with E-state index in [0.717, 1.165) is 25.9 Å². The summed E-state index contributed by atoms with van der Waals surface area (Å²) in [4.78, 5) is 0. The zero-order valence-corrected chi connectivity index (χ0v) is 15.5. The number of hydrogen-bond donors (Lipinski definition) is 3. The van der Waals surface area contributed by atoms with Gasteiger partial charge in [-0.2, -0.15) is 0 Å². The van der Waals surface area contributed by atoms with Gasteiger partial charge in [-0.15, -0.1) is 10.2 Å². The van der Waals surface area contributed by atoms with E-state index in [-0.39, 0.29) is 5.75 Å². The molecule has 5 nitrogen and oxygen atoms in total. The molecule has 2 heterocycles. The molecule has 5 heteroatoms. The number of hydrogen-bond acceptors (Lipinski definition) is 5. The lowest BCUT2D eigenvalue weighted by atomic mass is 9.66. The second-order valence-electron chi connectivity index (χ2n) is 7.84. The van der Waals surface area contributed by atoms with Gasteiger partial charge in [0.1, 0.15) is 5.75 Å². The van der Waals surface area contributed by atoms with Crippen LogP contribution < -0.4 is 11.1 Å². The molecule has 1 spiro atoms. The molecule has 1 saturated heterocycles. The van der Waals surface area contributed by atoms with Gasteiger partial charge in [0.2, 0.25) is 0 Å². The number of para-hydroxylation sites is 1. The van der Waals surface area contributed by atoms with Crippen LogP contribution in [-0.2, 0) is 0 Å². The van der Waals surface area contributed by atoms with E-state index in [1.807, 2.05) is 18.2 Å². The Labute approximate surface area is 160 Å². The molecule has 1 saturated carbocycles. The average Bonchev–Trinajstić information content (AvgIpc) is 2.70. The maximum absolute atomic E-state index is 10.0. The second-order valence-corrected chi connectivity index (χ2v) is 7.84. The molecule has 2 aliphatic rings. The lowest BCUT2D eigenvalue weighted by Crippen LogP contribution is -2.39. The smallest absolute Gasteiger partial charge is 0.161 e. The fourth-order valence-corrected chi connectivity index (χ4v) is 4.33. The summed E-state index contributed by atoms with van der Waals surface area (Å²) >= 11 is 0. The number of aromatic nitrogens is 2. The lowest BCUT2D eigenvalue weighted by Gasteiger charge is -2.42. The van der Waals surface area contributed by atoms with E-state index in [4.69, 9.17) is 5.73 Å². The highest BCUT2D eigenvalue weighted by Crippen LogP contribution is 2.44. The Bertz CT molecular complexity index is 867. The largest absolute Gasteiger partial charge is 0.507 e. The third kappa shape index (κ3) is 3.91. The Morgan fingerprint density at radius 1 is 1.07 bits per heavy atom. The number of nitrogen functional groups attached to an aromatic ring is 1. The van der Waals surface area contributed by atoms with Crippen molar-refractivity contribution >= 4 is 5.82 Å². The molecule has 0 radical (unpaired) electrons. The summed E-state index contributed by atoms with van der Waals surface area (Å²) in [6.07, 6.45) is 7.49. The van der Waals surface area contributed by atoms with Crippen LogP contribution in [0.1, 0.15) is 44.1 Å². The Morgan fingerprint density at radius 2 is 1.81 bits per heavy atom. The molecule has 140 valence electrons. The van der Waals surface area contributed by atoms with Crippen molar-refractivity contribution in [2.45, 2.75) is 38.5 Å². The Morgan fingerprint density at radius 3 is 2.56 bits per heavy atom. The van der Waals surface area contributed by atoms with E-state index in [1.165, 1.54) is 25.7 Å². The topological polar surface area (TPSA) is 84.1 Å². The van der Waals surface area contributed by atoms with Crippen LogP contribution in [0.2, 0.25) is 0 Å². The minimum atomic E-state index is 0.176. The molecule has 0 atom stereocenters. The van der Waals surface area contributed by atoms with E-state index < -0.39 is 0 Å². The molecule has 0 unspecified atom stereocenters. The van der Waals surface area contributed by atoms with Crippen LogP contribution in [0.3, 0.4) is 0 Å². The van der Waals surface area contributed by atoms with Crippen molar-refractivity contribution in [3.63, 3.8) is 0 Å². The highest BCUT2D eigenvalue weighted by Gasteiger charge is 2.35. The van der Waals surface area contributed by atoms with E-state index in [1.54, 1.807) is 12.1 Å². The quantitative estimate of drug-likeness (QED) is 0.678. The summed E-state index contributed by atoms with van der Waals surface area (Å²) in [7, 11) is 0. The third-order valence-electron chi connectivity index (χ3n) is 6.12. The predicted molar refractivity (Wildman–Crippen MR) is 107 cm³/mol. The number of nitrogens with zero attached hydrogens (tertiary/aromatic N) is 2. The highest BCUT2D eigenvalue weighted by atomic mass is 16.3. The molecule has 1 aromatic heterocycles. The molecule has 27 heavy (non-hydrogen) atoms. The zero-order chi connectivity index (χ0) is 18.7. The molecule has 0 bridgehead atoms. The van der Waals surface area contributed by atoms with Gasteiger partial charge in [-0.3, -0.25) is 0 Å². The minimum absolute atomic E-state index is 0.176. The van der Waals surface area contributed by atoms with Crippen LogP contribution in [0.4, 0.5) is 5.82 Å². The van der Waals surface area contributed by atoms with Crippen LogP contribution in [0.5, 0.6) is 5.75 Å². The molecule has 1 aliphatic heterocycles. The van der Waals surface area contributed by atoms with Crippen LogP contribution in [-0.4, -0.2) is 28.4 Å².